The van der Waals surface area contributed by atoms with Crippen LogP contribution in [-0.2, 0) is 0 Å². The van der Waals surface area contributed by atoms with Gasteiger partial charge in [-0.1, -0.05) is 6.07 Å². The first-order valence-electron chi connectivity index (χ1n) is 5.73. The highest BCUT2D eigenvalue weighted by Gasteiger charge is 2.39. The Morgan fingerprint density at radius 1 is 1.00 bits per heavy atom. The number of amides is 2. The van der Waals surface area contributed by atoms with Crippen molar-refractivity contribution in [2.45, 2.75) is 0 Å². The number of imide groups is 1. The third kappa shape index (κ3) is 1.58. The van der Waals surface area contributed by atoms with Crippen molar-refractivity contribution >= 4 is 23.2 Å². The average molecular weight is 274 g/mol. The summed E-state index contributed by atoms with van der Waals surface area (Å²) in [6.07, 6.45) is 0. The summed E-state index contributed by atoms with van der Waals surface area (Å²) in [7, 11) is 0. The van der Waals surface area contributed by atoms with Gasteiger partial charge in [0.25, 0.3) is 11.8 Å². The molecule has 2 amide bonds. The van der Waals surface area contributed by atoms with Gasteiger partial charge in [-0.25, -0.2) is 13.7 Å². The van der Waals surface area contributed by atoms with Gasteiger partial charge in [0, 0.05) is 11.8 Å². The fourth-order valence-electron chi connectivity index (χ4n) is 2.19. The predicted molar refractivity (Wildman–Crippen MR) is 68.4 cm³/mol. The van der Waals surface area contributed by atoms with Crippen molar-refractivity contribution in [3.63, 3.8) is 0 Å². The lowest BCUT2D eigenvalue weighted by Crippen LogP contribution is -2.30. The number of halogens is 2. The molecule has 0 unspecified atom stereocenters. The van der Waals surface area contributed by atoms with Crippen LogP contribution in [-0.4, -0.2) is 11.8 Å². The second-order valence-electron chi connectivity index (χ2n) is 4.31. The Morgan fingerprint density at radius 2 is 1.75 bits per heavy atom. The van der Waals surface area contributed by atoms with Crippen LogP contribution in [0.15, 0.2) is 36.4 Å². The quantitative estimate of drug-likeness (QED) is 0.641. The van der Waals surface area contributed by atoms with Crippen LogP contribution in [0.2, 0.25) is 0 Å². The second kappa shape index (κ2) is 4.12. The van der Waals surface area contributed by atoms with Gasteiger partial charge in [0.2, 0.25) is 0 Å². The Bertz CT molecular complexity index is 759. The van der Waals surface area contributed by atoms with E-state index in [-0.39, 0.29) is 16.8 Å². The minimum atomic E-state index is -0.862. The fourth-order valence-corrected chi connectivity index (χ4v) is 2.19. The smallest absolute Gasteiger partial charge is 0.268 e. The number of benzene rings is 2. The van der Waals surface area contributed by atoms with Gasteiger partial charge in [-0.2, -0.15) is 0 Å². The molecule has 0 radical (unpaired) electrons. The van der Waals surface area contributed by atoms with E-state index in [0.717, 1.165) is 18.2 Å². The van der Waals surface area contributed by atoms with Crippen molar-refractivity contribution in [3.05, 3.63) is 59.2 Å². The maximum Gasteiger partial charge on any atom is 0.268 e. The van der Waals surface area contributed by atoms with E-state index in [0.29, 0.717) is 4.90 Å². The van der Waals surface area contributed by atoms with E-state index >= 15 is 0 Å². The first-order chi connectivity index (χ1) is 9.50. The third-order valence-electron chi connectivity index (χ3n) is 3.10. The average Bonchev–Trinajstić information content (AvgIpc) is 2.66. The molecule has 1 aliphatic heterocycles. The summed E-state index contributed by atoms with van der Waals surface area (Å²) in [5.74, 6) is -3.08. The topological polar surface area (TPSA) is 63.4 Å². The Balaban J connectivity index is 2.19. The highest BCUT2D eigenvalue weighted by atomic mass is 19.1. The van der Waals surface area contributed by atoms with Crippen LogP contribution >= 0.6 is 0 Å². The van der Waals surface area contributed by atoms with E-state index in [1.165, 1.54) is 18.2 Å². The van der Waals surface area contributed by atoms with Crippen LogP contribution in [0.5, 0.6) is 0 Å². The van der Waals surface area contributed by atoms with E-state index in [2.05, 4.69) is 0 Å². The molecule has 6 heteroatoms. The monoisotopic (exact) mass is 274 g/mol. The Kier molecular flexibility index (Phi) is 2.53. The molecule has 0 spiro atoms. The highest BCUT2D eigenvalue weighted by Crippen LogP contribution is 2.33. The maximum absolute atomic E-state index is 13.7. The minimum absolute atomic E-state index is 0.0150. The van der Waals surface area contributed by atoms with Gasteiger partial charge in [0.15, 0.2) is 0 Å². The van der Waals surface area contributed by atoms with E-state index in [1.807, 2.05) is 0 Å². The number of hydrogen-bond donors (Lipinski definition) is 1. The first kappa shape index (κ1) is 12.3. The molecule has 0 aromatic heterocycles. The van der Waals surface area contributed by atoms with Gasteiger partial charge in [-0.05, 0) is 24.3 Å². The van der Waals surface area contributed by atoms with Crippen LogP contribution < -0.4 is 10.6 Å². The van der Waals surface area contributed by atoms with E-state index in [4.69, 9.17) is 5.73 Å². The highest BCUT2D eigenvalue weighted by molar-refractivity contribution is 6.36. The standard InChI is InChI=1S/C14H8F2N2O2/c15-7-4-5-9(16)11(6-7)18-13(19)8-2-1-3-10(17)12(8)14(18)20/h1-6H,17H2. The number of nitrogens with zero attached hydrogens (tertiary/aromatic N) is 1. The number of nitrogens with two attached hydrogens (primary N) is 1. The van der Waals surface area contributed by atoms with Crippen molar-refractivity contribution < 1.29 is 18.4 Å². The molecule has 1 aliphatic rings. The molecule has 2 aromatic rings. The van der Waals surface area contributed by atoms with Gasteiger partial charge in [-0.3, -0.25) is 9.59 Å². The molecule has 100 valence electrons. The molecule has 0 fully saturated rings. The van der Waals surface area contributed by atoms with Gasteiger partial charge in [0.1, 0.15) is 11.6 Å². The molecule has 2 N–H and O–H groups in total. The largest absolute Gasteiger partial charge is 0.398 e. The molecule has 3 rings (SSSR count). The fraction of sp³-hybridized carbons (Fsp3) is 0. The number of carbonyl (C=O) groups is 2. The van der Waals surface area contributed by atoms with Crippen molar-refractivity contribution in [1.82, 2.24) is 0 Å². The van der Waals surface area contributed by atoms with Gasteiger partial charge >= 0.3 is 0 Å². The lowest BCUT2D eigenvalue weighted by molar-refractivity contribution is 0.0925. The molecule has 1 heterocycles. The normalized spacial score (nSPS) is 13.8. The summed E-state index contributed by atoms with van der Waals surface area (Å²) in [6.45, 7) is 0. The maximum atomic E-state index is 13.7. The van der Waals surface area contributed by atoms with Crippen molar-refractivity contribution in [2.24, 2.45) is 0 Å². The molecule has 20 heavy (non-hydrogen) atoms. The van der Waals surface area contributed by atoms with Crippen LogP contribution in [0, 0.1) is 11.6 Å². The molecule has 0 atom stereocenters. The van der Waals surface area contributed by atoms with Crippen molar-refractivity contribution in [1.29, 1.82) is 0 Å². The van der Waals surface area contributed by atoms with Crippen LogP contribution in [0.4, 0.5) is 20.2 Å². The molecular weight excluding hydrogens is 266 g/mol. The number of anilines is 2. The Hall–Kier alpha value is -2.76. The summed E-state index contributed by atoms with van der Waals surface area (Å²) >= 11 is 0. The predicted octanol–water partition coefficient (Wildman–Crippen LogP) is 2.35. The molecular formula is C14H8F2N2O2. The zero-order valence-electron chi connectivity index (χ0n) is 10.1. The van der Waals surface area contributed by atoms with Gasteiger partial charge in [-0.15, -0.1) is 0 Å². The van der Waals surface area contributed by atoms with Crippen molar-refractivity contribution in [3.8, 4) is 0 Å². The molecule has 0 aliphatic carbocycles. The van der Waals surface area contributed by atoms with E-state index < -0.39 is 29.1 Å². The summed E-state index contributed by atoms with van der Waals surface area (Å²) in [6, 6.07) is 6.97. The summed E-state index contributed by atoms with van der Waals surface area (Å²) in [4.78, 5) is 25.0. The number of nitrogen functional groups attached to an aromatic ring is 1. The van der Waals surface area contributed by atoms with Crippen LogP contribution in [0.1, 0.15) is 20.7 Å². The minimum Gasteiger partial charge on any atom is -0.398 e. The van der Waals surface area contributed by atoms with Gasteiger partial charge in [0.05, 0.1) is 16.8 Å². The SMILES string of the molecule is Nc1cccc2c1C(=O)N(c1cc(F)ccc1F)C2=O. The summed E-state index contributed by atoms with van der Waals surface area (Å²) in [5, 5.41) is 0. The number of rotatable bonds is 1. The van der Waals surface area contributed by atoms with E-state index in [1.54, 1.807) is 0 Å². The molecule has 4 nitrogen and oxygen atoms in total. The lowest BCUT2D eigenvalue weighted by Gasteiger charge is -2.14. The molecule has 0 bridgehead atoms. The number of hydrogen-bond acceptors (Lipinski definition) is 3. The zero-order chi connectivity index (χ0) is 14.4. The van der Waals surface area contributed by atoms with Crippen LogP contribution in [0.25, 0.3) is 0 Å². The lowest BCUT2D eigenvalue weighted by atomic mass is 10.1. The Morgan fingerprint density at radius 3 is 2.45 bits per heavy atom. The van der Waals surface area contributed by atoms with Crippen molar-refractivity contribution in [2.75, 3.05) is 10.6 Å². The summed E-state index contributed by atoms with van der Waals surface area (Å²) in [5.41, 5.74) is 5.47. The van der Waals surface area contributed by atoms with Gasteiger partial charge < -0.3 is 5.73 Å². The molecule has 2 aromatic carbocycles. The number of carbonyl (C=O) groups excluding carboxylic acids is 2. The first-order valence-corrected chi connectivity index (χ1v) is 5.73. The molecule has 0 saturated heterocycles. The second-order valence-corrected chi connectivity index (χ2v) is 4.31. The molecule has 0 saturated carbocycles. The third-order valence-corrected chi connectivity index (χ3v) is 3.10. The van der Waals surface area contributed by atoms with E-state index in [9.17, 15) is 18.4 Å². The number of fused-ring (bicyclic) bond motifs is 1. The van der Waals surface area contributed by atoms with Crippen LogP contribution in [0.3, 0.4) is 0 Å². The Labute approximate surface area is 112 Å². The summed E-state index contributed by atoms with van der Waals surface area (Å²) < 4.78 is 27.0. The zero-order valence-corrected chi connectivity index (χ0v) is 10.1.